The number of aliphatic hydroxyl groups is 1. The molecule has 2 rings (SSSR count). The fourth-order valence-electron chi connectivity index (χ4n) is 2.33. The van der Waals surface area contributed by atoms with Crippen LogP contribution in [-0.4, -0.2) is 24.3 Å². The number of anilines is 1. The maximum absolute atomic E-state index is 10.1. The summed E-state index contributed by atoms with van der Waals surface area (Å²) in [6.07, 6.45) is 0.738. The van der Waals surface area contributed by atoms with Crippen molar-refractivity contribution in [1.82, 2.24) is 0 Å². The Hall–Kier alpha value is -0.730. The summed E-state index contributed by atoms with van der Waals surface area (Å²) in [6.45, 7) is 8.02. The van der Waals surface area contributed by atoms with E-state index < -0.39 is 0 Å². The summed E-state index contributed by atoms with van der Waals surface area (Å²) in [4.78, 5) is 2.25. The number of piperidine rings is 1. The molecule has 0 amide bonds. The van der Waals surface area contributed by atoms with Gasteiger partial charge in [-0.2, -0.15) is 0 Å². The third-order valence-electron chi connectivity index (χ3n) is 3.82. The monoisotopic (exact) mass is 253 g/mol. The van der Waals surface area contributed by atoms with E-state index in [1.807, 2.05) is 18.2 Å². The zero-order valence-corrected chi connectivity index (χ0v) is 11.5. The molecular formula is C14H20ClNO. The summed E-state index contributed by atoms with van der Waals surface area (Å²) in [7, 11) is 0. The van der Waals surface area contributed by atoms with Crippen molar-refractivity contribution < 1.29 is 5.11 Å². The highest BCUT2D eigenvalue weighted by atomic mass is 35.5. The van der Waals surface area contributed by atoms with E-state index in [0.29, 0.717) is 6.54 Å². The Morgan fingerprint density at radius 3 is 2.71 bits per heavy atom. The molecule has 1 atom stereocenters. The first-order valence-corrected chi connectivity index (χ1v) is 6.47. The molecule has 17 heavy (non-hydrogen) atoms. The summed E-state index contributed by atoms with van der Waals surface area (Å²) in [5.74, 6) is 0. The number of halogens is 1. The number of hydrogen-bond donors (Lipinski definition) is 1. The Bertz CT molecular complexity index is 417. The fourth-order valence-corrected chi connectivity index (χ4v) is 2.56. The van der Waals surface area contributed by atoms with Gasteiger partial charge in [0.15, 0.2) is 0 Å². The maximum Gasteiger partial charge on any atom is 0.0766 e. The van der Waals surface area contributed by atoms with Gasteiger partial charge in [-0.1, -0.05) is 25.4 Å². The minimum absolute atomic E-state index is 0.0246. The summed E-state index contributed by atoms with van der Waals surface area (Å²) in [6, 6.07) is 5.93. The highest BCUT2D eigenvalue weighted by Gasteiger charge is 2.34. The maximum atomic E-state index is 10.1. The van der Waals surface area contributed by atoms with Crippen molar-refractivity contribution in [2.45, 2.75) is 33.3 Å². The quantitative estimate of drug-likeness (QED) is 0.831. The van der Waals surface area contributed by atoms with Gasteiger partial charge in [0, 0.05) is 23.8 Å². The van der Waals surface area contributed by atoms with Gasteiger partial charge >= 0.3 is 0 Å². The van der Waals surface area contributed by atoms with Gasteiger partial charge < -0.3 is 10.0 Å². The fraction of sp³-hybridized carbons (Fsp3) is 0.571. The lowest BCUT2D eigenvalue weighted by atomic mass is 9.80. The van der Waals surface area contributed by atoms with Crippen molar-refractivity contribution in [2.75, 3.05) is 18.0 Å². The van der Waals surface area contributed by atoms with E-state index in [1.54, 1.807) is 0 Å². The second-order valence-corrected chi connectivity index (χ2v) is 6.07. The molecule has 2 nitrogen and oxygen atoms in total. The molecule has 3 heteroatoms. The molecule has 0 bridgehead atoms. The summed E-state index contributed by atoms with van der Waals surface area (Å²) in [5.41, 5.74) is 2.38. The second kappa shape index (κ2) is 4.51. The average Bonchev–Trinajstić information content (AvgIpc) is 2.23. The zero-order valence-electron chi connectivity index (χ0n) is 10.7. The Kier molecular flexibility index (Phi) is 3.37. The molecular weight excluding hydrogens is 234 g/mol. The van der Waals surface area contributed by atoms with E-state index in [9.17, 15) is 5.11 Å². The van der Waals surface area contributed by atoms with Crippen LogP contribution in [0.4, 0.5) is 5.69 Å². The molecule has 1 heterocycles. The van der Waals surface area contributed by atoms with Crippen LogP contribution in [0, 0.1) is 12.3 Å². The molecule has 0 spiro atoms. The summed E-state index contributed by atoms with van der Waals surface area (Å²) < 4.78 is 0. The van der Waals surface area contributed by atoms with Crippen molar-refractivity contribution >= 4 is 17.3 Å². The predicted molar refractivity (Wildman–Crippen MR) is 72.8 cm³/mol. The smallest absolute Gasteiger partial charge is 0.0766 e. The van der Waals surface area contributed by atoms with Crippen LogP contribution in [0.2, 0.25) is 5.02 Å². The van der Waals surface area contributed by atoms with Crippen molar-refractivity contribution in [3.05, 3.63) is 28.8 Å². The van der Waals surface area contributed by atoms with Gasteiger partial charge in [0.2, 0.25) is 0 Å². The van der Waals surface area contributed by atoms with Crippen LogP contribution in [0.3, 0.4) is 0 Å². The number of nitrogens with zero attached hydrogens (tertiary/aromatic N) is 1. The van der Waals surface area contributed by atoms with Crippen LogP contribution in [0.15, 0.2) is 18.2 Å². The molecule has 1 aliphatic heterocycles. The lowest BCUT2D eigenvalue weighted by molar-refractivity contribution is 0.0351. The molecule has 0 aliphatic carbocycles. The Morgan fingerprint density at radius 2 is 2.12 bits per heavy atom. The van der Waals surface area contributed by atoms with Crippen LogP contribution >= 0.6 is 11.6 Å². The van der Waals surface area contributed by atoms with Crippen LogP contribution in [-0.2, 0) is 0 Å². The van der Waals surface area contributed by atoms with E-state index in [2.05, 4.69) is 25.7 Å². The predicted octanol–water partition coefficient (Wildman–Crippen LogP) is 3.25. The topological polar surface area (TPSA) is 23.5 Å². The van der Waals surface area contributed by atoms with Crippen LogP contribution < -0.4 is 4.90 Å². The molecule has 1 aliphatic rings. The molecule has 94 valence electrons. The van der Waals surface area contributed by atoms with Crippen molar-refractivity contribution in [3.8, 4) is 0 Å². The Labute approximate surface area is 108 Å². The number of hydrogen-bond acceptors (Lipinski definition) is 2. The third-order valence-corrected chi connectivity index (χ3v) is 4.06. The largest absolute Gasteiger partial charge is 0.391 e. The molecule has 0 aromatic heterocycles. The van der Waals surface area contributed by atoms with E-state index in [1.165, 1.54) is 11.3 Å². The number of aryl methyl sites for hydroxylation is 1. The average molecular weight is 254 g/mol. The van der Waals surface area contributed by atoms with Crippen LogP contribution in [0.1, 0.15) is 25.8 Å². The molecule has 1 fully saturated rings. The molecule has 1 aromatic carbocycles. The molecule has 1 aromatic rings. The molecule has 0 saturated carbocycles. The van der Waals surface area contributed by atoms with E-state index in [-0.39, 0.29) is 11.5 Å². The molecule has 1 N–H and O–H groups in total. The minimum Gasteiger partial charge on any atom is -0.391 e. The summed E-state index contributed by atoms with van der Waals surface area (Å²) in [5, 5.41) is 10.9. The van der Waals surface area contributed by atoms with Crippen LogP contribution in [0.25, 0.3) is 0 Å². The van der Waals surface area contributed by atoms with Crippen LogP contribution in [0.5, 0.6) is 0 Å². The van der Waals surface area contributed by atoms with E-state index >= 15 is 0 Å². The number of β-amino-alcohol motifs (C(OH)–C–C–N with tert-alkyl or cyclic N) is 1. The van der Waals surface area contributed by atoms with Gasteiger partial charge in [0.25, 0.3) is 0 Å². The normalized spacial score (nSPS) is 23.8. The van der Waals surface area contributed by atoms with Gasteiger partial charge in [-0.15, -0.1) is 0 Å². The van der Waals surface area contributed by atoms with Gasteiger partial charge in [-0.25, -0.2) is 0 Å². The van der Waals surface area contributed by atoms with E-state index in [4.69, 9.17) is 11.6 Å². The Morgan fingerprint density at radius 1 is 1.41 bits per heavy atom. The van der Waals surface area contributed by atoms with Crippen molar-refractivity contribution in [2.24, 2.45) is 5.41 Å². The molecule has 0 radical (unpaired) electrons. The van der Waals surface area contributed by atoms with Gasteiger partial charge in [-0.3, -0.25) is 0 Å². The number of aliphatic hydroxyl groups excluding tert-OH is 1. The standard InChI is InChI=1S/C14H20ClNO/c1-10-8-11(15)4-5-12(10)16-7-6-14(2,3)13(17)9-16/h4-5,8,13,17H,6-7,9H2,1-3H3. The lowest BCUT2D eigenvalue weighted by Crippen LogP contribution is -2.48. The highest BCUT2D eigenvalue weighted by Crippen LogP contribution is 2.34. The lowest BCUT2D eigenvalue weighted by Gasteiger charge is -2.42. The zero-order chi connectivity index (χ0) is 12.6. The molecule has 1 saturated heterocycles. The Balaban J connectivity index is 2.19. The van der Waals surface area contributed by atoms with Gasteiger partial charge in [0.05, 0.1) is 6.10 Å². The first-order valence-electron chi connectivity index (χ1n) is 6.09. The minimum atomic E-state index is -0.272. The number of rotatable bonds is 1. The highest BCUT2D eigenvalue weighted by molar-refractivity contribution is 6.30. The molecule has 1 unspecified atom stereocenters. The van der Waals surface area contributed by atoms with Gasteiger partial charge in [-0.05, 0) is 42.5 Å². The van der Waals surface area contributed by atoms with Gasteiger partial charge in [0.1, 0.15) is 0 Å². The van der Waals surface area contributed by atoms with E-state index in [0.717, 1.165) is 18.0 Å². The first-order chi connectivity index (χ1) is 7.90. The first kappa shape index (κ1) is 12.7. The van der Waals surface area contributed by atoms with Crippen molar-refractivity contribution in [3.63, 3.8) is 0 Å². The second-order valence-electron chi connectivity index (χ2n) is 5.63. The SMILES string of the molecule is Cc1cc(Cl)ccc1N1CCC(C)(C)C(O)C1. The third kappa shape index (κ3) is 2.58. The summed E-state index contributed by atoms with van der Waals surface area (Å²) >= 11 is 5.96. The van der Waals surface area contributed by atoms with Crippen molar-refractivity contribution in [1.29, 1.82) is 0 Å². The number of benzene rings is 1.